The van der Waals surface area contributed by atoms with Gasteiger partial charge in [0.25, 0.3) is 0 Å². The molecule has 0 spiro atoms. The first-order valence-corrected chi connectivity index (χ1v) is 8.11. The Morgan fingerprint density at radius 3 is 2.50 bits per heavy atom. The van der Waals surface area contributed by atoms with Gasteiger partial charge >= 0.3 is 0 Å². The van der Waals surface area contributed by atoms with Crippen molar-refractivity contribution < 1.29 is 18.0 Å². The predicted octanol–water partition coefficient (Wildman–Crippen LogP) is 1.81. The molecule has 0 fully saturated rings. The lowest BCUT2D eigenvalue weighted by atomic mass is 10.1. The van der Waals surface area contributed by atoms with Crippen LogP contribution in [-0.2, 0) is 14.6 Å². The minimum Gasteiger partial charge on any atom is -0.310 e. The van der Waals surface area contributed by atoms with Crippen LogP contribution in [-0.4, -0.2) is 31.9 Å². The third-order valence-corrected chi connectivity index (χ3v) is 5.69. The van der Waals surface area contributed by atoms with Gasteiger partial charge in [0.2, 0.25) is 5.91 Å². The van der Waals surface area contributed by atoms with E-state index in [0.717, 1.165) is 0 Å². The normalized spacial score (nSPS) is 20.6. The summed E-state index contributed by atoms with van der Waals surface area (Å²) in [6.45, 7) is 5.29. The average molecular weight is 295 g/mol. The van der Waals surface area contributed by atoms with Gasteiger partial charge in [0.1, 0.15) is 5.25 Å². The molecule has 1 amide bonds. The number of ketones is 1. The zero-order valence-electron chi connectivity index (χ0n) is 11.7. The zero-order chi connectivity index (χ0) is 15.1. The molecular formula is C14H17NO4S. The maximum Gasteiger partial charge on any atom is 0.245 e. The second-order valence-corrected chi connectivity index (χ2v) is 6.97. The molecule has 0 saturated heterocycles. The summed E-state index contributed by atoms with van der Waals surface area (Å²) in [6.07, 6.45) is 0.335. The van der Waals surface area contributed by atoms with Crippen molar-refractivity contribution in [2.75, 3.05) is 11.4 Å². The van der Waals surface area contributed by atoms with E-state index in [1.54, 1.807) is 13.8 Å². The molecule has 0 bridgehead atoms. The number of Topliss-reactive ketones (excluding diaryl/α,β-unsaturated/α-hetero) is 1. The number of sulfone groups is 1. The summed E-state index contributed by atoms with van der Waals surface area (Å²) in [7, 11) is -3.66. The molecule has 0 aliphatic carbocycles. The maximum atomic E-state index is 12.3. The molecule has 0 N–H and O–H groups in total. The highest BCUT2D eigenvalue weighted by Crippen LogP contribution is 2.35. The van der Waals surface area contributed by atoms with E-state index in [-0.39, 0.29) is 10.7 Å². The highest BCUT2D eigenvalue weighted by atomic mass is 32.2. The molecule has 0 radical (unpaired) electrons. The summed E-state index contributed by atoms with van der Waals surface area (Å²) < 4.78 is 24.6. The monoisotopic (exact) mass is 295 g/mol. The van der Waals surface area contributed by atoms with Crippen LogP contribution < -0.4 is 4.90 Å². The minimum atomic E-state index is -3.66. The smallest absolute Gasteiger partial charge is 0.245 e. The second kappa shape index (κ2) is 5.01. The molecule has 1 heterocycles. The Bertz CT molecular complexity index is 678. The Kier molecular flexibility index (Phi) is 3.69. The van der Waals surface area contributed by atoms with Crippen molar-refractivity contribution in [3.63, 3.8) is 0 Å². The number of carbonyl (C=O) groups excluding carboxylic acids is 2. The molecule has 2 rings (SSSR count). The van der Waals surface area contributed by atoms with Crippen molar-refractivity contribution in [1.82, 2.24) is 0 Å². The fourth-order valence-electron chi connectivity index (χ4n) is 2.33. The first-order chi connectivity index (χ1) is 9.34. The van der Waals surface area contributed by atoms with Crippen molar-refractivity contribution >= 4 is 27.2 Å². The number of anilines is 1. The van der Waals surface area contributed by atoms with Crippen LogP contribution in [0.3, 0.4) is 0 Å². The van der Waals surface area contributed by atoms with Crippen LogP contribution in [0.4, 0.5) is 5.69 Å². The lowest BCUT2D eigenvalue weighted by molar-refractivity contribution is -0.118. The Morgan fingerprint density at radius 2 is 1.95 bits per heavy atom. The van der Waals surface area contributed by atoms with Crippen LogP contribution in [0.25, 0.3) is 0 Å². The molecule has 1 aromatic carbocycles. The summed E-state index contributed by atoms with van der Waals surface area (Å²) in [6, 6.07) is 4.45. The van der Waals surface area contributed by atoms with Gasteiger partial charge < -0.3 is 4.90 Å². The van der Waals surface area contributed by atoms with Crippen molar-refractivity contribution in [3.05, 3.63) is 23.8 Å². The standard InChI is InChI=1S/C14H17NO4S/c1-4-12(16)10-6-7-13-11(8-10)15(5-2)14(17)9(3)20(13,18)19/h6-9H,4-5H2,1-3H3. The number of benzene rings is 1. The summed E-state index contributed by atoms with van der Waals surface area (Å²) in [5, 5.41) is -1.08. The van der Waals surface area contributed by atoms with Crippen molar-refractivity contribution in [3.8, 4) is 0 Å². The summed E-state index contributed by atoms with van der Waals surface area (Å²) in [4.78, 5) is 25.4. The van der Waals surface area contributed by atoms with Gasteiger partial charge in [-0.3, -0.25) is 9.59 Å². The van der Waals surface area contributed by atoms with E-state index in [1.807, 2.05) is 0 Å². The summed E-state index contributed by atoms with van der Waals surface area (Å²) in [5.41, 5.74) is 0.747. The lowest BCUT2D eigenvalue weighted by Crippen LogP contribution is -2.46. The molecule has 1 unspecified atom stereocenters. The van der Waals surface area contributed by atoms with E-state index in [0.29, 0.717) is 24.2 Å². The molecule has 6 heteroatoms. The van der Waals surface area contributed by atoms with Gasteiger partial charge in [0.15, 0.2) is 15.6 Å². The molecule has 0 saturated carbocycles. The molecular weight excluding hydrogens is 278 g/mol. The van der Waals surface area contributed by atoms with Gasteiger partial charge in [-0.2, -0.15) is 0 Å². The number of amides is 1. The third kappa shape index (κ3) is 2.04. The van der Waals surface area contributed by atoms with E-state index in [4.69, 9.17) is 0 Å². The van der Waals surface area contributed by atoms with Crippen LogP contribution in [0.15, 0.2) is 23.1 Å². The molecule has 20 heavy (non-hydrogen) atoms. The van der Waals surface area contributed by atoms with Gasteiger partial charge in [-0.25, -0.2) is 8.42 Å². The average Bonchev–Trinajstić information content (AvgIpc) is 2.44. The van der Waals surface area contributed by atoms with Crippen LogP contribution in [0, 0.1) is 0 Å². The molecule has 1 aromatic rings. The quantitative estimate of drug-likeness (QED) is 0.797. The van der Waals surface area contributed by atoms with Gasteiger partial charge in [0.05, 0.1) is 10.6 Å². The predicted molar refractivity (Wildman–Crippen MR) is 75.7 cm³/mol. The molecule has 1 aliphatic rings. The van der Waals surface area contributed by atoms with E-state index in [2.05, 4.69) is 0 Å². The number of hydrogen-bond donors (Lipinski definition) is 0. The fourth-order valence-corrected chi connectivity index (χ4v) is 3.83. The zero-order valence-corrected chi connectivity index (χ0v) is 12.5. The minimum absolute atomic E-state index is 0.0766. The topological polar surface area (TPSA) is 71.5 Å². The SMILES string of the molecule is CCC(=O)c1ccc2c(c1)N(CC)C(=O)C(C)S2(=O)=O. The molecule has 0 aromatic heterocycles. The fraction of sp³-hybridized carbons (Fsp3) is 0.429. The highest BCUT2D eigenvalue weighted by Gasteiger charge is 2.41. The Morgan fingerprint density at radius 1 is 1.30 bits per heavy atom. The van der Waals surface area contributed by atoms with Gasteiger partial charge in [-0.15, -0.1) is 0 Å². The number of carbonyl (C=O) groups is 2. The highest BCUT2D eigenvalue weighted by molar-refractivity contribution is 7.93. The molecule has 5 nitrogen and oxygen atoms in total. The first kappa shape index (κ1) is 14.7. The van der Waals surface area contributed by atoms with Crippen LogP contribution in [0.5, 0.6) is 0 Å². The number of nitrogens with zero attached hydrogens (tertiary/aromatic N) is 1. The maximum absolute atomic E-state index is 12.3. The van der Waals surface area contributed by atoms with Crippen molar-refractivity contribution in [2.45, 2.75) is 37.3 Å². The molecule has 1 atom stereocenters. The Hall–Kier alpha value is -1.69. The van der Waals surface area contributed by atoms with Gasteiger partial charge in [0, 0.05) is 18.5 Å². The van der Waals surface area contributed by atoms with E-state index < -0.39 is 21.0 Å². The van der Waals surface area contributed by atoms with Gasteiger partial charge in [-0.1, -0.05) is 6.92 Å². The molecule has 108 valence electrons. The molecule has 1 aliphatic heterocycles. The van der Waals surface area contributed by atoms with E-state index >= 15 is 0 Å². The summed E-state index contributed by atoms with van der Waals surface area (Å²) in [5.74, 6) is -0.520. The van der Waals surface area contributed by atoms with Crippen molar-refractivity contribution in [2.24, 2.45) is 0 Å². The number of hydrogen-bond acceptors (Lipinski definition) is 4. The number of rotatable bonds is 3. The third-order valence-electron chi connectivity index (χ3n) is 3.59. The second-order valence-electron chi connectivity index (χ2n) is 4.73. The van der Waals surface area contributed by atoms with E-state index in [9.17, 15) is 18.0 Å². The van der Waals surface area contributed by atoms with Crippen LogP contribution >= 0.6 is 0 Å². The largest absolute Gasteiger partial charge is 0.310 e. The van der Waals surface area contributed by atoms with E-state index in [1.165, 1.54) is 30.0 Å². The first-order valence-electron chi connectivity index (χ1n) is 6.57. The van der Waals surface area contributed by atoms with Crippen LogP contribution in [0.2, 0.25) is 0 Å². The van der Waals surface area contributed by atoms with Crippen LogP contribution in [0.1, 0.15) is 37.6 Å². The Labute approximate surface area is 118 Å². The van der Waals surface area contributed by atoms with Gasteiger partial charge in [-0.05, 0) is 32.0 Å². The number of fused-ring (bicyclic) bond motifs is 1. The van der Waals surface area contributed by atoms with Crippen molar-refractivity contribution in [1.29, 1.82) is 0 Å². The Balaban J connectivity index is 2.70. The lowest BCUT2D eigenvalue weighted by Gasteiger charge is -2.32. The summed E-state index contributed by atoms with van der Waals surface area (Å²) >= 11 is 0.